The monoisotopic (exact) mass is 252 g/mol. The molecule has 0 N–H and O–H groups in total. The maximum absolute atomic E-state index is 13.1. The van der Waals surface area contributed by atoms with Crippen molar-refractivity contribution >= 4 is 5.78 Å². The maximum Gasteiger partial charge on any atom is 0.169 e. The molecule has 1 aliphatic rings. The highest BCUT2D eigenvalue weighted by Crippen LogP contribution is 2.26. The lowest BCUT2D eigenvalue weighted by atomic mass is 9.90. The first kappa shape index (κ1) is 13.0. The second-order valence-corrected chi connectivity index (χ2v) is 4.53. The third-order valence-electron chi connectivity index (χ3n) is 2.98. The molecule has 2 unspecified atom stereocenters. The molecule has 3 nitrogen and oxygen atoms in total. The van der Waals surface area contributed by atoms with Gasteiger partial charge in [-0.1, -0.05) is 6.92 Å². The van der Waals surface area contributed by atoms with E-state index in [0.717, 1.165) is 6.42 Å². The third kappa shape index (κ3) is 2.70. The van der Waals surface area contributed by atoms with Gasteiger partial charge in [-0.2, -0.15) is 0 Å². The van der Waals surface area contributed by atoms with Crippen molar-refractivity contribution in [1.82, 2.24) is 0 Å². The number of halogens is 1. The summed E-state index contributed by atoms with van der Waals surface area (Å²) in [6.45, 7) is 4.22. The van der Waals surface area contributed by atoms with Crippen molar-refractivity contribution in [2.24, 2.45) is 0 Å². The van der Waals surface area contributed by atoms with Crippen LogP contribution >= 0.6 is 0 Å². The number of ketones is 1. The van der Waals surface area contributed by atoms with E-state index in [1.165, 1.54) is 6.07 Å². The number of hydrogen-bond acceptors (Lipinski definition) is 3. The van der Waals surface area contributed by atoms with Crippen molar-refractivity contribution in [3.8, 4) is 5.75 Å². The molecule has 0 aromatic heterocycles. The standard InChI is InChI=1S/C14H17FO3/c1-3-6-17-14-12(16)8-13(14)18-10-4-5-11(15)9(2)7-10/h4-5,7,13-14H,3,6,8H2,1-2H3. The number of Topliss-reactive ketones (excluding diaryl/α,β-unsaturated/α-hetero) is 1. The van der Waals surface area contributed by atoms with Gasteiger partial charge < -0.3 is 9.47 Å². The summed E-state index contributed by atoms with van der Waals surface area (Å²) < 4.78 is 24.2. The molecule has 2 atom stereocenters. The Morgan fingerprint density at radius 2 is 2.22 bits per heavy atom. The summed E-state index contributed by atoms with van der Waals surface area (Å²) in [6, 6.07) is 4.57. The van der Waals surface area contributed by atoms with Crippen molar-refractivity contribution in [3.05, 3.63) is 29.6 Å². The lowest BCUT2D eigenvalue weighted by molar-refractivity contribution is -0.154. The number of rotatable bonds is 5. The predicted molar refractivity (Wildman–Crippen MR) is 65.2 cm³/mol. The number of benzene rings is 1. The fourth-order valence-corrected chi connectivity index (χ4v) is 1.88. The van der Waals surface area contributed by atoms with Gasteiger partial charge in [0, 0.05) is 13.0 Å². The second-order valence-electron chi connectivity index (χ2n) is 4.53. The lowest BCUT2D eigenvalue weighted by Crippen LogP contribution is -2.52. The van der Waals surface area contributed by atoms with Crippen LogP contribution < -0.4 is 4.74 Å². The van der Waals surface area contributed by atoms with E-state index in [4.69, 9.17) is 9.47 Å². The van der Waals surface area contributed by atoms with Crippen molar-refractivity contribution in [2.75, 3.05) is 6.61 Å². The van der Waals surface area contributed by atoms with E-state index in [0.29, 0.717) is 24.3 Å². The molecule has 0 aliphatic heterocycles. The Morgan fingerprint density at radius 3 is 2.83 bits per heavy atom. The highest BCUT2D eigenvalue weighted by molar-refractivity contribution is 5.90. The largest absolute Gasteiger partial charge is 0.487 e. The minimum Gasteiger partial charge on any atom is -0.487 e. The van der Waals surface area contributed by atoms with E-state index in [-0.39, 0.29) is 17.7 Å². The first-order valence-corrected chi connectivity index (χ1v) is 6.19. The highest BCUT2D eigenvalue weighted by Gasteiger charge is 2.42. The quantitative estimate of drug-likeness (QED) is 0.808. The Hall–Kier alpha value is -1.42. The fraction of sp³-hybridized carbons (Fsp3) is 0.500. The molecule has 0 bridgehead atoms. The van der Waals surface area contributed by atoms with Gasteiger partial charge >= 0.3 is 0 Å². The molecule has 1 aromatic rings. The van der Waals surface area contributed by atoms with Gasteiger partial charge in [0.2, 0.25) is 0 Å². The smallest absolute Gasteiger partial charge is 0.169 e. The summed E-state index contributed by atoms with van der Waals surface area (Å²) in [5.41, 5.74) is 0.532. The van der Waals surface area contributed by atoms with Crippen LogP contribution in [-0.4, -0.2) is 24.6 Å². The van der Waals surface area contributed by atoms with Gasteiger partial charge in [-0.15, -0.1) is 0 Å². The molecule has 18 heavy (non-hydrogen) atoms. The van der Waals surface area contributed by atoms with Crippen LogP contribution in [-0.2, 0) is 9.53 Å². The molecule has 0 saturated heterocycles. The lowest BCUT2D eigenvalue weighted by Gasteiger charge is -2.34. The summed E-state index contributed by atoms with van der Waals surface area (Å²) in [5, 5.41) is 0. The zero-order valence-corrected chi connectivity index (χ0v) is 10.6. The third-order valence-corrected chi connectivity index (χ3v) is 2.98. The van der Waals surface area contributed by atoms with Crippen LogP contribution in [0.3, 0.4) is 0 Å². The molecule has 0 heterocycles. The predicted octanol–water partition coefficient (Wildman–Crippen LogP) is 2.65. The second kappa shape index (κ2) is 5.48. The Labute approximate surface area is 106 Å². The molecule has 1 aromatic carbocycles. The molecule has 0 amide bonds. The fourth-order valence-electron chi connectivity index (χ4n) is 1.88. The van der Waals surface area contributed by atoms with Gasteiger partial charge in [0.25, 0.3) is 0 Å². The SMILES string of the molecule is CCCOC1C(=O)CC1Oc1ccc(F)c(C)c1. The van der Waals surface area contributed by atoms with Crippen molar-refractivity contribution in [2.45, 2.75) is 38.9 Å². The Kier molecular flexibility index (Phi) is 3.97. The molecule has 2 rings (SSSR count). The van der Waals surface area contributed by atoms with Crippen LogP contribution in [0, 0.1) is 12.7 Å². The Bertz CT molecular complexity index is 445. The van der Waals surface area contributed by atoms with Gasteiger partial charge in [0.1, 0.15) is 17.7 Å². The molecular formula is C14H17FO3. The number of carbonyl (C=O) groups excluding carboxylic acids is 1. The van der Waals surface area contributed by atoms with Gasteiger partial charge in [-0.25, -0.2) is 4.39 Å². The van der Waals surface area contributed by atoms with Crippen LogP contribution in [0.4, 0.5) is 4.39 Å². The average molecular weight is 252 g/mol. The van der Waals surface area contributed by atoms with Crippen molar-refractivity contribution in [3.63, 3.8) is 0 Å². The zero-order valence-electron chi connectivity index (χ0n) is 10.6. The topological polar surface area (TPSA) is 35.5 Å². The van der Waals surface area contributed by atoms with E-state index in [1.807, 2.05) is 6.92 Å². The number of carbonyl (C=O) groups is 1. The minimum atomic E-state index is -0.463. The molecule has 1 aliphatic carbocycles. The molecule has 98 valence electrons. The van der Waals surface area contributed by atoms with Gasteiger partial charge in [-0.3, -0.25) is 4.79 Å². The van der Waals surface area contributed by atoms with E-state index < -0.39 is 6.10 Å². The van der Waals surface area contributed by atoms with E-state index >= 15 is 0 Å². The normalized spacial score (nSPS) is 22.7. The minimum absolute atomic E-state index is 0.0762. The molecule has 4 heteroatoms. The highest BCUT2D eigenvalue weighted by atomic mass is 19.1. The Balaban J connectivity index is 1.96. The molecular weight excluding hydrogens is 235 g/mol. The Morgan fingerprint density at radius 1 is 1.44 bits per heavy atom. The maximum atomic E-state index is 13.1. The molecule has 0 spiro atoms. The van der Waals surface area contributed by atoms with E-state index in [2.05, 4.69) is 0 Å². The summed E-state index contributed by atoms with van der Waals surface area (Å²) in [5.74, 6) is 0.398. The average Bonchev–Trinajstić information content (AvgIpc) is 2.33. The van der Waals surface area contributed by atoms with Crippen LogP contribution in [0.2, 0.25) is 0 Å². The van der Waals surface area contributed by atoms with E-state index in [1.54, 1.807) is 19.1 Å². The van der Waals surface area contributed by atoms with Crippen LogP contribution in [0.1, 0.15) is 25.3 Å². The molecule has 1 fully saturated rings. The summed E-state index contributed by atoms with van der Waals surface area (Å²) in [7, 11) is 0. The first-order chi connectivity index (χ1) is 8.61. The van der Waals surface area contributed by atoms with Crippen molar-refractivity contribution in [1.29, 1.82) is 0 Å². The number of aryl methyl sites for hydroxylation is 1. The summed E-state index contributed by atoms with van der Waals surface area (Å²) >= 11 is 0. The van der Waals surface area contributed by atoms with Crippen LogP contribution in [0.5, 0.6) is 5.75 Å². The number of ether oxygens (including phenoxy) is 2. The van der Waals surface area contributed by atoms with Gasteiger partial charge in [0.05, 0.1) is 0 Å². The van der Waals surface area contributed by atoms with E-state index in [9.17, 15) is 9.18 Å². The molecule has 0 radical (unpaired) electrons. The van der Waals surface area contributed by atoms with Crippen LogP contribution in [0.15, 0.2) is 18.2 Å². The summed E-state index contributed by atoms with van der Waals surface area (Å²) in [4.78, 5) is 11.4. The summed E-state index contributed by atoms with van der Waals surface area (Å²) in [6.07, 6.45) is 0.529. The first-order valence-electron chi connectivity index (χ1n) is 6.19. The van der Waals surface area contributed by atoms with Crippen LogP contribution in [0.25, 0.3) is 0 Å². The van der Waals surface area contributed by atoms with Crippen molar-refractivity contribution < 1.29 is 18.7 Å². The van der Waals surface area contributed by atoms with Gasteiger partial charge in [0.15, 0.2) is 11.9 Å². The number of hydrogen-bond donors (Lipinski definition) is 0. The zero-order chi connectivity index (χ0) is 13.1. The molecule has 1 saturated carbocycles. The van der Waals surface area contributed by atoms with Gasteiger partial charge in [-0.05, 0) is 37.1 Å².